The second-order valence-corrected chi connectivity index (χ2v) is 4.73. The van der Waals surface area contributed by atoms with Gasteiger partial charge in [0.1, 0.15) is 0 Å². The third-order valence-corrected chi connectivity index (χ3v) is 2.91. The first-order valence-corrected chi connectivity index (χ1v) is 6.90. The Morgan fingerprint density at radius 1 is 0.762 bits per heavy atom. The molecule has 0 unspecified atom stereocenters. The molecule has 21 heavy (non-hydrogen) atoms. The number of amides is 1. The predicted octanol–water partition coefficient (Wildman–Crippen LogP) is 4.28. The zero-order valence-electron chi connectivity index (χ0n) is 11.7. The van der Waals surface area contributed by atoms with Gasteiger partial charge in [0.25, 0.3) is 5.91 Å². The number of thiol groups is 2. The second-order valence-electron chi connectivity index (χ2n) is 3.70. The summed E-state index contributed by atoms with van der Waals surface area (Å²) in [7, 11) is 0. The van der Waals surface area contributed by atoms with E-state index in [2.05, 4.69) is 56.9 Å². The largest absolute Gasteiger partial charge is 0.322 e. The van der Waals surface area contributed by atoms with Crippen LogP contribution < -0.4 is 5.32 Å². The number of carbonyl (C=O) groups excluding carboxylic acids is 1. The Morgan fingerprint density at radius 3 is 1.71 bits per heavy atom. The fourth-order valence-electron chi connectivity index (χ4n) is 1.09. The number of nitrogens with one attached hydrogen (secondary N) is 1. The molecule has 0 aromatic rings. The van der Waals surface area contributed by atoms with Crippen LogP contribution in [0.4, 0.5) is 0 Å². The molecule has 0 atom stereocenters. The Balaban J connectivity index is 5.15. The molecule has 0 rings (SSSR count). The van der Waals surface area contributed by atoms with Crippen LogP contribution >= 0.6 is 25.3 Å². The molecule has 0 aliphatic heterocycles. The van der Waals surface area contributed by atoms with E-state index >= 15 is 0 Å². The lowest BCUT2D eigenvalue weighted by Crippen LogP contribution is -2.22. The summed E-state index contributed by atoms with van der Waals surface area (Å²) >= 11 is 8.30. The molecule has 0 saturated heterocycles. The first kappa shape index (κ1) is 19.1. The highest BCUT2D eigenvalue weighted by atomic mass is 32.1. The van der Waals surface area contributed by atoms with E-state index in [-0.39, 0.29) is 5.91 Å². The topological polar surface area (TPSA) is 29.1 Å². The fraction of sp³-hybridized carbons (Fsp3) is 0. The Bertz CT molecular complexity index is 563. The molecule has 110 valence electrons. The van der Waals surface area contributed by atoms with Gasteiger partial charge in [-0.1, -0.05) is 44.5 Å². The van der Waals surface area contributed by atoms with Crippen LogP contribution in [0.1, 0.15) is 0 Å². The molecule has 0 aromatic heterocycles. The van der Waals surface area contributed by atoms with Crippen molar-refractivity contribution in [3.63, 3.8) is 0 Å². The first-order valence-electron chi connectivity index (χ1n) is 6.01. The van der Waals surface area contributed by atoms with Gasteiger partial charge in [-0.25, -0.2) is 0 Å². The summed E-state index contributed by atoms with van der Waals surface area (Å²) in [5, 5.41) is 2.71. The highest BCUT2D eigenvalue weighted by Crippen LogP contribution is 2.06. The molecule has 0 radical (unpaired) electrons. The van der Waals surface area contributed by atoms with Crippen LogP contribution in [0.3, 0.4) is 0 Å². The Morgan fingerprint density at radius 2 is 1.29 bits per heavy atom. The molecular weight excluding hydrogens is 298 g/mol. The number of allylic oxidation sites excluding steroid dienone is 7. The Hall–Kier alpha value is -1.91. The van der Waals surface area contributed by atoms with Gasteiger partial charge in [-0.2, -0.15) is 0 Å². The molecule has 4 heteroatoms. The average molecular weight is 317 g/mol. The minimum atomic E-state index is -0.301. The number of hydrogen-bond acceptors (Lipinski definition) is 3. The van der Waals surface area contributed by atoms with E-state index in [1.165, 1.54) is 12.2 Å². The molecule has 0 aliphatic carbocycles. The monoisotopic (exact) mass is 317 g/mol. The zero-order chi connectivity index (χ0) is 16.3. The van der Waals surface area contributed by atoms with Gasteiger partial charge in [-0.3, -0.25) is 4.79 Å². The quantitative estimate of drug-likeness (QED) is 0.348. The van der Waals surface area contributed by atoms with Crippen molar-refractivity contribution in [3.05, 3.63) is 96.0 Å². The molecule has 0 saturated carbocycles. The third kappa shape index (κ3) is 8.07. The SMILES string of the molecule is C=C/C(S)=C\C=C(/C=C)NC(=O)/C(C=C)=C/C=C(/S)C=C. The summed E-state index contributed by atoms with van der Waals surface area (Å²) in [6.45, 7) is 14.4. The van der Waals surface area contributed by atoms with Crippen molar-refractivity contribution in [2.45, 2.75) is 0 Å². The summed E-state index contributed by atoms with van der Waals surface area (Å²) in [6, 6.07) is 0. The zero-order valence-corrected chi connectivity index (χ0v) is 13.5. The molecule has 1 amide bonds. The number of rotatable bonds is 8. The first-order chi connectivity index (χ1) is 9.98. The smallest absolute Gasteiger partial charge is 0.255 e. The summed E-state index contributed by atoms with van der Waals surface area (Å²) in [5.74, 6) is -0.301. The summed E-state index contributed by atoms with van der Waals surface area (Å²) in [5.41, 5.74) is 0.940. The van der Waals surface area contributed by atoms with E-state index in [1.54, 1.807) is 36.5 Å². The van der Waals surface area contributed by atoms with Gasteiger partial charge < -0.3 is 5.32 Å². The van der Waals surface area contributed by atoms with Crippen LogP contribution in [0.25, 0.3) is 0 Å². The van der Waals surface area contributed by atoms with Crippen molar-refractivity contribution in [2.24, 2.45) is 0 Å². The Kier molecular flexibility index (Phi) is 9.84. The summed E-state index contributed by atoms with van der Waals surface area (Å²) in [4.78, 5) is 13.4. The van der Waals surface area contributed by atoms with Crippen molar-refractivity contribution in [1.82, 2.24) is 5.32 Å². The lowest BCUT2D eigenvalue weighted by molar-refractivity contribution is -0.116. The average Bonchev–Trinajstić information content (AvgIpc) is 2.50. The van der Waals surface area contributed by atoms with Crippen LogP contribution in [0, 0.1) is 0 Å². The highest BCUT2D eigenvalue weighted by Gasteiger charge is 2.05. The minimum Gasteiger partial charge on any atom is -0.322 e. The van der Waals surface area contributed by atoms with Gasteiger partial charge in [0, 0.05) is 21.1 Å². The van der Waals surface area contributed by atoms with E-state index < -0.39 is 0 Å². The molecule has 0 aliphatic rings. The van der Waals surface area contributed by atoms with Crippen LogP contribution in [-0.4, -0.2) is 5.91 Å². The molecule has 0 fully saturated rings. The molecule has 0 aromatic carbocycles. The van der Waals surface area contributed by atoms with Gasteiger partial charge in [0.15, 0.2) is 0 Å². The molecular formula is C17H19NOS2. The molecule has 0 bridgehead atoms. The van der Waals surface area contributed by atoms with E-state index in [0.29, 0.717) is 21.1 Å². The predicted molar refractivity (Wildman–Crippen MR) is 99.2 cm³/mol. The van der Waals surface area contributed by atoms with Crippen molar-refractivity contribution in [1.29, 1.82) is 0 Å². The normalized spacial score (nSPS) is 13.4. The molecule has 0 spiro atoms. The standard InChI is InChI=1S/C17H19NOS2/c1-5-13(9-11-15(20)7-3)17(19)18-14(6-2)10-12-16(21)8-4/h5-12,20-21H,1-4H2,(H,18,19)/b13-9+,14-10+,15-11+,16-12+. The van der Waals surface area contributed by atoms with E-state index in [1.807, 2.05) is 0 Å². The lowest BCUT2D eigenvalue weighted by Gasteiger charge is -2.05. The van der Waals surface area contributed by atoms with E-state index in [0.717, 1.165) is 0 Å². The maximum absolute atomic E-state index is 12.1. The Labute approximate surface area is 137 Å². The molecule has 1 N–H and O–H groups in total. The maximum Gasteiger partial charge on any atom is 0.255 e. The molecule has 0 heterocycles. The van der Waals surface area contributed by atoms with Gasteiger partial charge in [-0.05, 0) is 30.4 Å². The number of hydrogen-bond donors (Lipinski definition) is 3. The summed E-state index contributed by atoms with van der Waals surface area (Å²) in [6.07, 6.45) is 12.8. The van der Waals surface area contributed by atoms with Crippen molar-refractivity contribution in [2.75, 3.05) is 0 Å². The van der Waals surface area contributed by atoms with E-state index in [4.69, 9.17) is 0 Å². The second kappa shape index (κ2) is 10.8. The maximum atomic E-state index is 12.1. The highest BCUT2D eigenvalue weighted by molar-refractivity contribution is 7.84. The van der Waals surface area contributed by atoms with Crippen LogP contribution in [0.5, 0.6) is 0 Å². The third-order valence-electron chi connectivity index (χ3n) is 2.25. The van der Waals surface area contributed by atoms with Gasteiger partial charge in [-0.15, -0.1) is 25.3 Å². The van der Waals surface area contributed by atoms with Crippen LogP contribution in [-0.2, 0) is 4.79 Å². The number of carbonyl (C=O) groups is 1. The van der Waals surface area contributed by atoms with Crippen molar-refractivity contribution >= 4 is 31.2 Å². The summed E-state index contributed by atoms with van der Waals surface area (Å²) < 4.78 is 0. The van der Waals surface area contributed by atoms with Gasteiger partial charge in [0.2, 0.25) is 0 Å². The minimum absolute atomic E-state index is 0.301. The van der Waals surface area contributed by atoms with E-state index in [9.17, 15) is 4.79 Å². The molecule has 2 nitrogen and oxygen atoms in total. The van der Waals surface area contributed by atoms with Crippen molar-refractivity contribution in [3.8, 4) is 0 Å². The van der Waals surface area contributed by atoms with Crippen molar-refractivity contribution < 1.29 is 4.79 Å². The lowest BCUT2D eigenvalue weighted by atomic mass is 10.2. The van der Waals surface area contributed by atoms with Crippen LogP contribution in [0.2, 0.25) is 0 Å². The van der Waals surface area contributed by atoms with Gasteiger partial charge in [0.05, 0.1) is 0 Å². The van der Waals surface area contributed by atoms with Gasteiger partial charge >= 0.3 is 0 Å². The fourth-order valence-corrected chi connectivity index (χ4v) is 1.24. The van der Waals surface area contributed by atoms with Crippen LogP contribution in [0.15, 0.2) is 96.0 Å².